The fourth-order valence-electron chi connectivity index (χ4n) is 1.12. The van der Waals surface area contributed by atoms with E-state index >= 15 is 0 Å². The normalized spacial score (nSPS) is 11.9. The van der Waals surface area contributed by atoms with Crippen molar-refractivity contribution in [3.8, 4) is 0 Å². The van der Waals surface area contributed by atoms with E-state index in [2.05, 4.69) is 6.92 Å². The summed E-state index contributed by atoms with van der Waals surface area (Å²) in [5.74, 6) is 1.00. The van der Waals surface area contributed by atoms with Gasteiger partial charge < -0.3 is 9.47 Å². The number of thioether (sulfide) groups is 1. The molecule has 0 saturated heterocycles. The van der Waals surface area contributed by atoms with Crippen molar-refractivity contribution < 1.29 is 19.1 Å². The molecular formula is C12H22O4S. The minimum Gasteiger partial charge on any atom is -0.466 e. The van der Waals surface area contributed by atoms with Crippen molar-refractivity contribution in [3.05, 3.63) is 0 Å². The number of unbranched alkanes of at least 4 members (excludes halogenated alkanes) is 1. The molecule has 0 amide bonds. The van der Waals surface area contributed by atoms with Crippen molar-refractivity contribution in [2.45, 2.75) is 46.1 Å². The van der Waals surface area contributed by atoms with Crippen LogP contribution >= 0.6 is 11.8 Å². The van der Waals surface area contributed by atoms with Crippen LogP contribution in [0.2, 0.25) is 0 Å². The average molecular weight is 262 g/mol. The lowest BCUT2D eigenvalue weighted by Gasteiger charge is -2.10. The van der Waals surface area contributed by atoms with E-state index in [4.69, 9.17) is 9.47 Å². The number of hydrogen-bond donors (Lipinski definition) is 0. The van der Waals surface area contributed by atoms with Crippen LogP contribution in [0.3, 0.4) is 0 Å². The SMILES string of the molecule is CCCCOC(=O)CCSCC(C)OC(C)=O. The van der Waals surface area contributed by atoms with E-state index in [0.29, 0.717) is 24.5 Å². The van der Waals surface area contributed by atoms with Crippen LogP contribution in [0.4, 0.5) is 0 Å². The third-order valence-electron chi connectivity index (χ3n) is 1.93. The van der Waals surface area contributed by atoms with Gasteiger partial charge in [0, 0.05) is 18.4 Å². The van der Waals surface area contributed by atoms with Crippen molar-refractivity contribution in [2.24, 2.45) is 0 Å². The summed E-state index contributed by atoms with van der Waals surface area (Å²) < 4.78 is 9.98. The molecular weight excluding hydrogens is 240 g/mol. The van der Waals surface area contributed by atoms with E-state index in [9.17, 15) is 9.59 Å². The first-order chi connectivity index (χ1) is 8.06. The van der Waals surface area contributed by atoms with E-state index < -0.39 is 0 Å². The number of hydrogen-bond acceptors (Lipinski definition) is 5. The Kier molecular flexibility index (Phi) is 10.0. The molecule has 17 heavy (non-hydrogen) atoms. The molecule has 0 N–H and O–H groups in total. The minimum absolute atomic E-state index is 0.103. The lowest BCUT2D eigenvalue weighted by molar-refractivity contribution is -0.145. The van der Waals surface area contributed by atoms with Crippen molar-refractivity contribution in [2.75, 3.05) is 18.1 Å². The van der Waals surface area contributed by atoms with Crippen LogP contribution in [0.25, 0.3) is 0 Å². The molecule has 0 aromatic heterocycles. The summed E-state index contributed by atoms with van der Waals surface area (Å²) in [6, 6.07) is 0. The van der Waals surface area contributed by atoms with Gasteiger partial charge in [-0.3, -0.25) is 9.59 Å². The topological polar surface area (TPSA) is 52.6 Å². The van der Waals surface area contributed by atoms with Crippen LogP contribution in [0.15, 0.2) is 0 Å². The summed E-state index contributed by atoms with van der Waals surface area (Å²) in [4.78, 5) is 21.9. The molecule has 0 spiro atoms. The number of ether oxygens (including phenoxy) is 2. The Morgan fingerprint density at radius 3 is 2.65 bits per heavy atom. The lowest BCUT2D eigenvalue weighted by Crippen LogP contribution is -2.15. The van der Waals surface area contributed by atoms with Crippen molar-refractivity contribution in [1.29, 1.82) is 0 Å². The Balaban J connectivity index is 3.38. The first-order valence-corrected chi connectivity index (χ1v) is 7.12. The van der Waals surface area contributed by atoms with Crippen molar-refractivity contribution in [1.82, 2.24) is 0 Å². The minimum atomic E-state index is -0.267. The van der Waals surface area contributed by atoms with Gasteiger partial charge in [0.05, 0.1) is 13.0 Å². The van der Waals surface area contributed by atoms with Crippen molar-refractivity contribution >= 4 is 23.7 Å². The third kappa shape index (κ3) is 11.6. The first-order valence-electron chi connectivity index (χ1n) is 5.96. The number of rotatable bonds is 9. The largest absolute Gasteiger partial charge is 0.466 e. The van der Waals surface area contributed by atoms with Crippen LogP contribution in [0.1, 0.15) is 40.0 Å². The standard InChI is InChI=1S/C12H22O4S/c1-4-5-7-15-12(14)6-8-17-9-10(2)16-11(3)13/h10H,4-9H2,1-3H3. The van der Waals surface area contributed by atoms with Crippen LogP contribution in [-0.4, -0.2) is 36.2 Å². The lowest BCUT2D eigenvalue weighted by atomic mass is 10.4. The number of carbonyl (C=O) groups excluding carboxylic acids is 2. The van der Waals surface area contributed by atoms with Crippen LogP contribution < -0.4 is 0 Å². The molecule has 0 aliphatic carbocycles. The summed E-state index contributed by atoms with van der Waals surface area (Å²) in [5, 5.41) is 0. The smallest absolute Gasteiger partial charge is 0.306 e. The zero-order chi connectivity index (χ0) is 13.1. The van der Waals surface area contributed by atoms with E-state index in [0.717, 1.165) is 12.8 Å². The van der Waals surface area contributed by atoms with E-state index in [1.165, 1.54) is 6.92 Å². The maximum absolute atomic E-state index is 11.2. The maximum atomic E-state index is 11.2. The monoisotopic (exact) mass is 262 g/mol. The molecule has 0 rings (SSSR count). The van der Waals surface area contributed by atoms with Gasteiger partial charge in [-0.2, -0.15) is 11.8 Å². The molecule has 1 atom stereocenters. The van der Waals surface area contributed by atoms with Gasteiger partial charge in [-0.15, -0.1) is 0 Å². The Morgan fingerprint density at radius 1 is 1.35 bits per heavy atom. The molecule has 5 heteroatoms. The fraction of sp³-hybridized carbons (Fsp3) is 0.833. The van der Waals surface area contributed by atoms with Crippen molar-refractivity contribution in [3.63, 3.8) is 0 Å². The highest BCUT2D eigenvalue weighted by Crippen LogP contribution is 2.08. The van der Waals surface area contributed by atoms with Crippen LogP contribution in [0.5, 0.6) is 0 Å². The molecule has 0 aromatic carbocycles. The van der Waals surface area contributed by atoms with Gasteiger partial charge in [-0.1, -0.05) is 13.3 Å². The second-order valence-corrected chi connectivity index (χ2v) is 4.97. The molecule has 0 saturated carbocycles. The summed E-state index contributed by atoms with van der Waals surface area (Å²) in [6.45, 7) is 5.81. The third-order valence-corrected chi connectivity index (χ3v) is 3.13. The predicted octanol–water partition coefficient (Wildman–Crippen LogP) is 2.40. The quantitative estimate of drug-likeness (QED) is 0.472. The Morgan fingerprint density at radius 2 is 2.06 bits per heavy atom. The molecule has 0 aliphatic rings. The first kappa shape index (κ1) is 16.3. The molecule has 0 bridgehead atoms. The van der Waals surface area contributed by atoms with Crippen LogP contribution in [0, 0.1) is 0 Å². The zero-order valence-corrected chi connectivity index (χ0v) is 11.7. The van der Waals surface area contributed by atoms with Gasteiger partial charge in [-0.25, -0.2) is 0 Å². The van der Waals surface area contributed by atoms with Gasteiger partial charge >= 0.3 is 11.9 Å². The highest BCUT2D eigenvalue weighted by molar-refractivity contribution is 7.99. The summed E-state index contributed by atoms with van der Waals surface area (Å²) >= 11 is 1.59. The summed E-state index contributed by atoms with van der Waals surface area (Å²) in [7, 11) is 0. The van der Waals surface area contributed by atoms with Gasteiger partial charge in [0.2, 0.25) is 0 Å². The maximum Gasteiger partial charge on any atom is 0.306 e. The van der Waals surface area contributed by atoms with E-state index in [1.807, 2.05) is 6.92 Å². The van der Waals surface area contributed by atoms with Gasteiger partial charge in [-0.05, 0) is 13.3 Å². The van der Waals surface area contributed by atoms with Gasteiger partial charge in [0.1, 0.15) is 6.10 Å². The molecule has 100 valence electrons. The molecule has 0 fully saturated rings. The second-order valence-electron chi connectivity index (χ2n) is 3.82. The van der Waals surface area contributed by atoms with Crippen LogP contribution in [-0.2, 0) is 19.1 Å². The van der Waals surface area contributed by atoms with E-state index in [1.54, 1.807) is 11.8 Å². The highest BCUT2D eigenvalue weighted by atomic mass is 32.2. The van der Waals surface area contributed by atoms with Gasteiger partial charge in [0.15, 0.2) is 0 Å². The number of carbonyl (C=O) groups is 2. The molecule has 0 aromatic rings. The van der Waals surface area contributed by atoms with E-state index in [-0.39, 0.29) is 18.0 Å². The molecule has 4 nitrogen and oxygen atoms in total. The Labute approximate surface area is 107 Å². The summed E-state index contributed by atoms with van der Waals surface area (Å²) in [5.41, 5.74) is 0. The Bertz CT molecular complexity index is 231. The highest BCUT2D eigenvalue weighted by Gasteiger charge is 2.07. The zero-order valence-electron chi connectivity index (χ0n) is 10.9. The second kappa shape index (κ2) is 10.4. The average Bonchev–Trinajstić information content (AvgIpc) is 2.24. The summed E-state index contributed by atoms with van der Waals surface area (Å²) in [6.07, 6.45) is 2.26. The van der Waals surface area contributed by atoms with Gasteiger partial charge in [0.25, 0.3) is 0 Å². The molecule has 0 aliphatic heterocycles. The molecule has 0 radical (unpaired) electrons. The fourth-order valence-corrected chi connectivity index (χ4v) is 2.00. The number of esters is 2. The molecule has 1 unspecified atom stereocenters. The predicted molar refractivity (Wildman–Crippen MR) is 69.0 cm³/mol. The Hall–Kier alpha value is -0.710. The molecule has 0 heterocycles.